The quantitative estimate of drug-likeness (QED) is 0.484. The molecule has 1 aromatic carbocycles. The van der Waals surface area contributed by atoms with Crippen molar-refractivity contribution in [2.24, 2.45) is 0 Å². The summed E-state index contributed by atoms with van der Waals surface area (Å²) in [6, 6.07) is 2.04. The van der Waals surface area contributed by atoms with Crippen molar-refractivity contribution in [3.05, 3.63) is 36.7 Å². The van der Waals surface area contributed by atoms with Gasteiger partial charge in [0.15, 0.2) is 0 Å². The molecule has 180 valence electrons. The van der Waals surface area contributed by atoms with Crippen LogP contribution in [0.25, 0.3) is 11.5 Å². The van der Waals surface area contributed by atoms with Crippen molar-refractivity contribution in [3.8, 4) is 17.3 Å². The summed E-state index contributed by atoms with van der Waals surface area (Å²) in [4.78, 5) is 21.4. The molecule has 1 aliphatic heterocycles. The van der Waals surface area contributed by atoms with Crippen molar-refractivity contribution in [1.82, 2.24) is 34.9 Å². The van der Waals surface area contributed by atoms with Crippen LogP contribution in [-0.2, 0) is 14.8 Å². The third-order valence-corrected chi connectivity index (χ3v) is 6.74. The van der Waals surface area contributed by atoms with Crippen molar-refractivity contribution in [1.29, 1.82) is 0 Å². The van der Waals surface area contributed by atoms with Crippen LogP contribution in [0.3, 0.4) is 0 Å². The maximum atomic E-state index is 13.0. The van der Waals surface area contributed by atoms with Crippen LogP contribution in [0.1, 0.15) is 0 Å². The fraction of sp³-hybridized carbons (Fsp3) is 0.294. The number of H-pyrrole nitrogens is 1. The number of ether oxygens (including phenoxy) is 1. The van der Waals surface area contributed by atoms with E-state index in [0.717, 1.165) is 28.6 Å². The number of piperazine rings is 1. The second-order valence-corrected chi connectivity index (χ2v) is 8.82. The summed E-state index contributed by atoms with van der Waals surface area (Å²) in [5.74, 6) is -1.48. The lowest BCUT2D eigenvalue weighted by atomic mass is 10.2. The number of hydrogen-bond donors (Lipinski definition) is 2. The zero-order chi connectivity index (χ0) is 24.5. The largest absolute Gasteiger partial charge is 0.573 e. The Morgan fingerprint density at radius 1 is 1.15 bits per heavy atom. The van der Waals surface area contributed by atoms with E-state index in [-0.39, 0.29) is 30.4 Å². The van der Waals surface area contributed by atoms with E-state index in [2.05, 4.69) is 35.3 Å². The number of aliphatic carboxylic acids is 1. The maximum absolute atomic E-state index is 13.0. The van der Waals surface area contributed by atoms with Gasteiger partial charge < -0.3 is 14.7 Å². The molecule has 2 N–H and O–H groups in total. The van der Waals surface area contributed by atoms with Crippen LogP contribution in [0.5, 0.6) is 5.75 Å². The first-order chi connectivity index (χ1) is 16.0. The molecule has 4 rings (SSSR count). The minimum atomic E-state index is -4.93. The summed E-state index contributed by atoms with van der Waals surface area (Å²) < 4.78 is 67.6. The molecule has 17 heteroatoms. The number of carboxylic acid groups (broad SMARTS) is 1. The minimum Gasteiger partial charge on any atom is -0.480 e. The Morgan fingerprint density at radius 2 is 1.88 bits per heavy atom. The topological polar surface area (TPSA) is 167 Å². The van der Waals surface area contributed by atoms with Gasteiger partial charge in [0.2, 0.25) is 15.8 Å². The second-order valence-electron chi connectivity index (χ2n) is 6.93. The van der Waals surface area contributed by atoms with Gasteiger partial charge in [-0.15, -0.1) is 23.4 Å². The number of aromatic nitrogens is 6. The second kappa shape index (κ2) is 8.82. The number of nitrogens with zero attached hydrogens (tertiary/aromatic N) is 7. The van der Waals surface area contributed by atoms with E-state index in [4.69, 9.17) is 0 Å². The van der Waals surface area contributed by atoms with Crippen LogP contribution in [0.2, 0.25) is 0 Å². The lowest BCUT2D eigenvalue weighted by Gasteiger charge is -2.38. The summed E-state index contributed by atoms with van der Waals surface area (Å²) >= 11 is 0. The number of halogens is 3. The van der Waals surface area contributed by atoms with Crippen LogP contribution >= 0.6 is 0 Å². The number of rotatable bonds is 6. The summed E-state index contributed by atoms with van der Waals surface area (Å²) in [6.07, 6.45) is -2.20. The lowest BCUT2D eigenvalue weighted by Crippen LogP contribution is -2.58. The average molecular weight is 500 g/mol. The zero-order valence-electron chi connectivity index (χ0n) is 16.9. The molecule has 0 aliphatic carbocycles. The van der Waals surface area contributed by atoms with Gasteiger partial charge in [0.05, 0.1) is 17.3 Å². The standard InChI is InChI=1S/C17H15F3N8O5S/c18-17(19,20)33-10-1-3-11(4-2-10)34(31,32)28-6-5-27(9-13(28)16(29)30)14-8-21-12(7-22-14)15-23-25-26-24-15/h1-4,7-8,13H,5-6,9H2,(H,29,30)(H,23,24,25,26)/t13-/m1/s1. The van der Waals surface area contributed by atoms with E-state index in [9.17, 15) is 31.5 Å². The molecular formula is C17H15F3N8O5S. The molecule has 34 heavy (non-hydrogen) atoms. The molecule has 3 aromatic rings. The Morgan fingerprint density at radius 3 is 2.44 bits per heavy atom. The van der Waals surface area contributed by atoms with Gasteiger partial charge in [-0.05, 0) is 29.5 Å². The molecule has 2 aromatic heterocycles. The number of carboxylic acids is 1. The third kappa shape index (κ3) is 4.88. The van der Waals surface area contributed by atoms with E-state index in [1.807, 2.05) is 0 Å². The van der Waals surface area contributed by atoms with Crippen LogP contribution < -0.4 is 9.64 Å². The summed E-state index contributed by atoms with van der Waals surface area (Å²) in [5, 5.41) is 22.9. The van der Waals surface area contributed by atoms with Crippen molar-refractivity contribution < 1.29 is 36.2 Å². The highest BCUT2D eigenvalue weighted by Crippen LogP contribution is 2.28. The number of anilines is 1. The normalized spacial score (nSPS) is 17.5. The van der Waals surface area contributed by atoms with E-state index in [1.54, 1.807) is 4.90 Å². The van der Waals surface area contributed by atoms with E-state index in [1.165, 1.54) is 12.4 Å². The van der Waals surface area contributed by atoms with Crippen molar-refractivity contribution in [2.45, 2.75) is 17.3 Å². The summed E-state index contributed by atoms with van der Waals surface area (Å²) in [7, 11) is -4.33. The average Bonchev–Trinajstić information content (AvgIpc) is 3.33. The molecule has 0 amide bonds. The first kappa shape index (κ1) is 23.3. The Bertz CT molecular complexity index is 1250. The van der Waals surface area contributed by atoms with Gasteiger partial charge in [-0.1, -0.05) is 0 Å². The summed E-state index contributed by atoms with van der Waals surface area (Å²) in [6.45, 7) is -0.358. The monoisotopic (exact) mass is 500 g/mol. The highest BCUT2D eigenvalue weighted by Gasteiger charge is 2.41. The third-order valence-electron chi connectivity index (χ3n) is 4.82. The highest BCUT2D eigenvalue weighted by atomic mass is 32.2. The number of carbonyl (C=O) groups is 1. The van der Waals surface area contributed by atoms with Crippen molar-refractivity contribution in [2.75, 3.05) is 24.5 Å². The number of sulfonamides is 1. The van der Waals surface area contributed by atoms with E-state index in [0.29, 0.717) is 11.5 Å². The first-order valence-corrected chi connectivity index (χ1v) is 10.9. The first-order valence-electron chi connectivity index (χ1n) is 9.46. The van der Waals surface area contributed by atoms with E-state index >= 15 is 0 Å². The minimum absolute atomic E-state index is 0.0918. The molecule has 1 fully saturated rings. The van der Waals surface area contributed by atoms with Gasteiger partial charge >= 0.3 is 12.3 Å². The van der Waals surface area contributed by atoms with E-state index < -0.39 is 34.1 Å². The highest BCUT2D eigenvalue weighted by molar-refractivity contribution is 7.89. The zero-order valence-corrected chi connectivity index (χ0v) is 17.7. The number of tetrazole rings is 1. The molecular weight excluding hydrogens is 485 g/mol. The number of hydrogen-bond acceptors (Lipinski definition) is 10. The number of aromatic amines is 1. The Hall–Kier alpha value is -3.86. The maximum Gasteiger partial charge on any atom is 0.573 e. The fourth-order valence-electron chi connectivity index (χ4n) is 3.28. The molecule has 1 atom stereocenters. The van der Waals surface area contributed by atoms with Gasteiger partial charge in [0.25, 0.3) is 0 Å². The molecule has 3 heterocycles. The van der Waals surface area contributed by atoms with Gasteiger partial charge in [-0.25, -0.2) is 18.4 Å². The summed E-state index contributed by atoms with van der Waals surface area (Å²) in [5.41, 5.74) is 0.325. The predicted molar refractivity (Wildman–Crippen MR) is 106 cm³/mol. The van der Waals surface area contributed by atoms with Crippen LogP contribution in [-0.4, -0.2) is 86.4 Å². The van der Waals surface area contributed by atoms with Crippen molar-refractivity contribution >= 4 is 21.8 Å². The Labute approximate surface area is 189 Å². The van der Waals surface area contributed by atoms with Crippen LogP contribution in [0, 0.1) is 0 Å². The molecule has 0 unspecified atom stereocenters. The molecule has 0 bridgehead atoms. The molecule has 0 radical (unpaired) electrons. The smallest absolute Gasteiger partial charge is 0.480 e. The van der Waals surface area contributed by atoms with Crippen LogP contribution in [0.15, 0.2) is 41.6 Å². The SMILES string of the molecule is O=C(O)[C@H]1CN(c2cnc(-c3nn[nH]n3)cn2)CCN1S(=O)(=O)c1ccc(OC(F)(F)F)cc1. The van der Waals surface area contributed by atoms with Gasteiger partial charge in [0.1, 0.15) is 23.3 Å². The van der Waals surface area contributed by atoms with Crippen molar-refractivity contribution in [3.63, 3.8) is 0 Å². The Kier molecular flexibility index (Phi) is 6.05. The predicted octanol–water partition coefficient (Wildman–Crippen LogP) is 0.519. The number of alkyl halides is 3. The number of nitrogens with one attached hydrogen (secondary N) is 1. The fourth-order valence-corrected chi connectivity index (χ4v) is 4.85. The molecule has 0 saturated carbocycles. The van der Waals surface area contributed by atoms with Gasteiger partial charge in [-0.2, -0.15) is 9.52 Å². The van der Waals surface area contributed by atoms with Crippen LogP contribution in [0.4, 0.5) is 19.0 Å². The van der Waals surface area contributed by atoms with Gasteiger partial charge in [0, 0.05) is 19.6 Å². The number of benzene rings is 1. The molecule has 13 nitrogen and oxygen atoms in total. The Balaban J connectivity index is 1.52. The molecule has 0 spiro atoms. The molecule has 1 aliphatic rings. The molecule has 1 saturated heterocycles. The van der Waals surface area contributed by atoms with Gasteiger partial charge in [-0.3, -0.25) is 4.79 Å². The lowest BCUT2D eigenvalue weighted by molar-refractivity contribution is -0.274.